The Balaban J connectivity index is 1.57. The first-order valence-electron chi connectivity index (χ1n) is 8.74. The lowest BCUT2D eigenvalue weighted by Gasteiger charge is -2.36. The second kappa shape index (κ2) is 7.02. The van der Waals surface area contributed by atoms with Crippen molar-refractivity contribution in [1.29, 1.82) is 0 Å². The van der Waals surface area contributed by atoms with Crippen molar-refractivity contribution in [2.45, 2.75) is 25.0 Å². The third-order valence-corrected chi connectivity index (χ3v) is 5.52. The minimum atomic E-state index is -1.03. The minimum Gasteiger partial charge on any atom is -0.497 e. The first-order valence-corrected chi connectivity index (χ1v) is 9.53. The molecule has 0 aliphatic carbocycles. The van der Waals surface area contributed by atoms with E-state index in [1.807, 2.05) is 55.5 Å². The number of fused-ring (bicyclic) bond motifs is 2. The van der Waals surface area contributed by atoms with Crippen LogP contribution in [0.15, 0.2) is 58.6 Å². The Bertz CT molecular complexity index is 909. The van der Waals surface area contributed by atoms with Crippen LogP contribution < -0.4 is 14.8 Å². The molecule has 2 aromatic rings. The zero-order valence-electron chi connectivity index (χ0n) is 15.1. The Morgan fingerprint density at radius 3 is 2.70 bits per heavy atom. The van der Waals surface area contributed by atoms with E-state index in [4.69, 9.17) is 14.2 Å². The Labute approximate surface area is 166 Å². The topological polar surface area (TPSA) is 56.8 Å². The summed E-state index contributed by atoms with van der Waals surface area (Å²) in [7, 11) is 1.63. The number of hydrogen-bond donors (Lipinski definition) is 1. The first-order chi connectivity index (χ1) is 13.0. The summed E-state index contributed by atoms with van der Waals surface area (Å²) in [5.74, 6) is 1.36. The van der Waals surface area contributed by atoms with E-state index >= 15 is 0 Å². The van der Waals surface area contributed by atoms with E-state index in [0.717, 1.165) is 32.8 Å². The Kier molecular flexibility index (Phi) is 4.70. The second-order valence-electron chi connectivity index (χ2n) is 6.78. The molecule has 0 saturated carbocycles. The largest absolute Gasteiger partial charge is 0.497 e. The summed E-state index contributed by atoms with van der Waals surface area (Å²) >= 11 is 3.58. The summed E-state index contributed by atoms with van der Waals surface area (Å²) in [5, 5.41) is 2.95. The number of carbonyl (C=O) groups excluding carboxylic acids is 1. The molecule has 0 unspecified atom stereocenters. The zero-order valence-corrected chi connectivity index (χ0v) is 16.7. The van der Waals surface area contributed by atoms with Crippen LogP contribution in [0.5, 0.6) is 11.5 Å². The standard InChI is InChI=1S/C21H20BrNO4/c1-13-10-16(12-26-15-8-6-14(25-2)7-9-15)27-21(11-13)19-17(22)4-3-5-18(19)23-20(21)24/h3-10,16H,11-12H2,1-2H3,(H,23,24)/t16-,21+/m1/s1. The van der Waals surface area contributed by atoms with Crippen molar-refractivity contribution in [3.63, 3.8) is 0 Å². The highest BCUT2D eigenvalue weighted by Gasteiger charge is 2.52. The van der Waals surface area contributed by atoms with Crippen LogP contribution >= 0.6 is 15.9 Å². The third kappa shape index (κ3) is 3.24. The van der Waals surface area contributed by atoms with Crippen LogP contribution in [0.2, 0.25) is 0 Å². The quantitative estimate of drug-likeness (QED) is 0.730. The smallest absolute Gasteiger partial charge is 0.261 e. The lowest BCUT2D eigenvalue weighted by molar-refractivity contribution is -0.151. The number of nitrogens with one attached hydrogen (secondary N) is 1. The predicted octanol–water partition coefficient (Wildman–Crippen LogP) is 4.42. The summed E-state index contributed by atoms with van der Waals surface area (Å²) in [6.45, 7) is 2.34. The fourth-order valence-corrected chi connectivity index (χ4v) is 4.38. The van der Waals surface area contributed by atoms with E-state index in [1.54, 1.807) is 7.11 Å². The van der Waals surface area contributed by atoms with Crippen LogP contribution in [-0.2, 0) is 15.1 Å². The number of anilines is 1. The van der Waals surface area contributed by atoms with Crippen molar-refractivity contribution in [3.8, 4) is 11.5 Å². The van der Waals surface area contributed by atoms with Crippen LogP contribution in [0.4, 0.5) is 5.69 Å². The molecule has 140 valence electrons. The SMILES string of the molecule is COc1ccc(OC[C@H]2C=C(C)C[C@@]3(O2)C(=O)Nc2cccc(Br)c23)cc1. The number of hydrogen-bond acceptors (Lipinski definition) is 4. The van der Waals surface area contributed by atoms with Crippen LogP contribution in [0, 0.1) is 0 Å². The maximum atomic E-state index is 12.9. The first kappa shape index (κ1) is 18.1. The van der Waals surface area contributed by atoms with Gasteiger partial charge < -0.3 is 19.5 Å². The van der Waals surface area contributed by atoms with Crippen molar-refractivity contribution in [1.82, 2.24) is 0 Å². The highest BCUT2D eigenvalue weighted by molar-refractivity contribution is 9.10. The molecule has 2 aliphatic rings. The number of amides is 1. The van der Waals surface area contributed by atoms with Gasteiger partial charge in [0.25, 0.3) is 5.91 Å². The van der Waals surface area contributed by atoms with Gasteiger partial charge in [-0.25, -0.2) is 0 Å². The molecule has 4 rings (SSSR count). The molecule has 1 amide bonds. The maximum absolute atomic E-state index is 12.9. The number of methoxy groups -OCH3 is 1. The van der Waals surface area contributed by atoms with Crippen molar-refractivity contribution in [2.24, 2.45) is 0 Å². The third-order valence-electron chi connectivity index (χ3n) is 4.86. The fraction of sp³-hybridized carbons (Fsp3) is 0.286. The number of rotatable bonds is 4. The van der Waals surface area contributed by atoms with Crippen LogP contribution in [-0.4, -0.2) is 25.7 Å². The van der Waals surface area contributed by atoms with Crippen molar-refractivity contribution in [3.05, 3.63) is 64.1 Å². The molecule has 0 aromatic heterocycles. The molecule has 27 heavy (non-hydrogen) atoms. The van der Waals surface area contributed by atoms with Gasteiger partial charge in [-0.05, 0) is 43.3 Å². The molecular formula is C21H20BrNO4. The van der Waals surface area contributed by atoms with Gasteiger partial charge in [-0.2, -0.15) is 0 Å². The van der Waals surface area contributed by atoms with Crippen LogP contribution in [0.25, 0.3) is 0 Å². The molecule has 2 atom stereocenters. The lowest BCUT2D eigenvalue weighted by atomic mass is 9.85. The maximum Gasteiger partial charge on any atom is 0.261 e. The van der Waals surface area contributed by atoms with Crippen molar-refractivity contribution < 1.29 is 19.0 Å². The van der Waals surface area contributed by atoms with Gasteiger partial charge in [-0.1, -0.05) is 33.6 Å². The summed E-state index contributed by atoms with van der Waals surface area (Å²) < 4.78 is 18.2. The Morgan fingerprint density at radius 2 is 1.96 bits per heavy atom. The van der Waals surface area contributed by atoms with E-state index < -0.39 is 5.60 Å². The summed E-state index contributed by atoms with van der Waals surface area (Å²) in [5.41, 5.74) is 1.72. The van der Waals surface area contributed by atoms with Crippen molar-refractivity contribution >= 4 is 27.5 Å². The van der Waals surface area contributed by atoms with Gasteiger partial charge in [0.15, 0.2) is 5.60 Å². The van der Waals surface area contributed by atoms with Crippen LogP contribution in [0.3, 0.4) is 0 Å². The average molecular weight is 430 g/mol. The predicted molar refractivity (Wildman–Crippen MR) is 106 cm³/mol. The number of halogens is 1. The molecule has 2 aromatic carbocycles. The van der Waals surface area contributed by atoms with Crippen LogP contribution in [0.1, 0.15) is 18.9 Å². The molecular weight excluding hydrogens is 410 g/mol. The zero-order chi connectivity index (χ0) is 19.0. The van der Waals surface area contributed by atoms with Gasteiger partial charge in [0, 0.05) is 22.1 Å². The minimum absolute atomic E-state index is 0.133. The molecule has 6 heteroatoms. The van der Waals surface area contributed by atoms with Gasteiger partial charge in [0.1, 0.15) is 24.2 Å². The monoisotopic (exact) mass is 429 g/mol. The van der Waals surface area contributed by atoms with Gasteiger partial charge in [0.2, 0.25) is 0 Å². The van der Waals surface area contributed by atoms with E-state index in [9.17, 15) is 4.79 Å². The molecule has 1 N–H and O–H groups in total. The lowest BCUT2D eigenvalue weighted by Crippen LogP contribution is -2.44. The molecule has 0 bridgehead atoms. The van der Waals surface area contributed by atoms with E-state index in [2.05, 4.69) is 21.2 Å². The number of carbonyl (C=O) groups is 1. The molecule has 0 saturated heterocycles. The van der Waals surface area contributed by atoms with Crippen molar-refractivity contribution in [2.75, 3.05) is 19.0 Å². The molecule has 2 aliphatic heterocycles. The molecule has 0 radical (unpaired) electrons. The fourth-order valence-electron chi connectivity index (χ4n) is 3.69. The molecule has 1 spiro atoms. The van der Waals surface area contributed by atoms with E-state index in [-0.39, 0.29) is 12.0 Å². The Hall–Kier alpha value is -2.31. The van der Waals surface area contributed by atoms with Gasteiger partial charge in [-0.15, -0.1) is 0 Å². The molecule has 0 fully saturated rings. The Morgan fingerprint density at radius 1 is 1.22 bits per heavy atom. The number of ether oxygens (including phenoxy) is 3. The van der Waals surface area contributed by atoms with Gasteiger partial charge in [-0.3, -0.25) is 4.79 Å². The summed E-state index contributed by atoms with van der Waals surface area (Å²) in [6, 6.07) is 13.1. The average Bonchev–Trinajstić information content (AvgIpc) is 2.92. The second-order valence-corrected chi connectivity index (χ2v) is 7.63. The summed E-state index contributed by atoms with van der Waals surface area (Å²) in [4.78, 5) is 12.9. The van der Waals surface area contributed by atoms with E-state index in [0.29, 0.717) is 13.0 Å². The van der Waals surface area contributed by atoms with E-state index in [1.165, 1.54) is 0 Å². The van der Waals surface area contributed by atoms with Gasteiger partial charge >= 0.3 is 0 Å². The highest BCUT2D eigenvalue weighted by Crippen LogP contribution is 2.48. The highest BCUT2D eigenvalue weighted by atomic mass is 79.9. The summed E-state index contributed by atoms with van der Waals surface area (Å²) in [6.07, 6.45) is 2.22. The molecule has 2 heterocycles. The van der Waals surface area contributed by atoms with Gasteiger partial charge in [0.05, 0.1) is 7.11 Å². The molecule has 5 nitrogen and oxygen atoms in total. The normalized spacial score (nSPS) is 23.6. The number of benzene rings is 2.